The maximum atomic E-state index is 11.7. The highest BCUT2D eigenvalue weighted by Crippen LogP contribution is 2.10. The number of hydrogen-bond donors (Lipinski definition) is 0. The average Bonchev–Trinajstić information content (AvgIpc) is 2.77. The summed E-state index contributed by atoms with van der Waals surface area (Å²) in [6.45, 7) is 7.49. The van der Waals surface area contributed by atoms with Crippen LogP contribution in [0, 0.1) is 0 Å². The molecule has 0 aliphatic heterocycles. The standard InChI is InChI=1S/C12H19NOS.BrH/c1-3-13(4-2)8-5-6-12(14)11-7-9-15-10-11;/h7,9-10H,3-6,8H2,1-2H3;1H. The van der Waals surface area contributed by atoms with E-state index in [1.54, 1.807) is 11.3 Å². The van der Waals surface area contributed by atoms with Crippen LogP contribution in [0.4, 0.5) is 0 Å². The number of rotatable bonds is 7. The Morgan fingerprint density at radius 3 is 2.56 bits per heavy atom. The normalized spacial score (nSPS) is 10.2. The molecule has 1 heterocycles. The number of hydrogen-bond acceptors (Lipinski definition) is 3. The van der Waals surface area contributed by atoms with Crippen molar-refractivity contribution in [1.82, 2.24) is 4.90 Å². The average molecular weight is 306 g/mol. The van der Waals surface area contributed by atoms with Crippen molar-refractivity contribution in [2.24, 2.45) is 0 Å². The molecule has 1 aromatic rings. The third-order valence-corrected chi connectivity index (χ3v) is 3.30. The van der Waals surface area contributed by atoms with Crippen molar-refractivity contribution in [1.29, 1.82) is 0 Å². The molecule has 0 aliphatic carbocycles. The fraction of sp³-hybridized carbons (Fsp3) is 0.583. The highest BCUT2D eigenvalue weighted by atomic mass is 79.9. The zero-order chi connectivity index (χ0) is 11.1. The van der Waals surface area contributed by atoms with Gasteiger partial charge in [0.2, 0.25) is 0 Å². The van der Waals surface area contributed by atoms with Crippen molar-refractivity contribution >= 4 is 34.1 Å². The van der Waals surface area contributed by atoms with Crippen LogP contribution in [0.1, 0.15) is 37.0 Å². The van der Waals surface area contributed by atoms with E-state index in [1.165, 1.54) is 0 Å². The molecule has 0 amide bonds. The van der Waals surface area contributed by atoms with Crippen LogP contribution in [-0.2, 0) is 0 Å². The molecule has 0 N–H and O–H groups in total. The maximum absolute atomic E-state index is 11.7. The highest BCUT2D eigenvalue weighted by Gasteiger charge is 2.06. The third-order valence-electron chi connectivity index (χ3n) is 2.62. The van der Waals surface area contributed by atoms with Gasteiger partial charge in [-0.25, -0.2) is 0 Å². The van der Waals surface area contributed by atoms with Gasteiger partial charge in [0.05, 0.1) is 0 Å². The van der Waals surface area contributed by atoms with Crippen molar-refractivity contribution in [2.45, 2.75) is 26.7 Å². The van der Waals surface area contributed by atoms with Crippen LogP contribution >= 0.6 is 28.3 Å². The minimum atomic E-state index is 0. The lowest BCUT2D eigenvalue weighted by molar-refractivity contribution is 0.0976. The second-order valence-corrected chi connectivity index (χ2v) is 4.35. The first kappa shape index (κ1) is 15.8. The molecule has 2 nitrogen and oxygen atoms in total. The van der Waals surface area contributed by atoms with Crippen molar-refractivity contribution in [2.75, 3.05) is 19.6 Å². The Labute approximate surface area is 112 Å². The molecule has 16 heavy (non-hydrogen) atoms. The monoisotopic (exact) mass is 305 g/mol. The molecular weight excluding hydrogens is 286 g/mol. The molecule has 0 bridgehead atoms. The van der Waals surface area contributed by atoms with Crippen molar-refractivity contribution in [3.8, 4) is 0 Å². The Hall–Kier alpha value is -0.190. The van der Waals surface area contributed by atoms with Gasteiger partial charge in [0.1, 0.15) is 0 Å². The minimum absolute atomic E-state index is 0. The van der Waals surface area contributed by atoms with Crippen LogP contribution < -0.4 is 0 Å². The lowest BCUT2D eigenvalue weighted by Crippen LogP contribution is -2.24. The van der Waals surface area contributed by atoms with Gasteiger partial charge in [-0.1, -0.05) is 13.8 Å². The maximum Gasteiger partial charge on any atom is 0.163 e. The number of Topliss-reactive ketones (excluding diaryl/α,β-unsaturated/α-hetero) is 1. The van der Waals surface area contributed by atoms with Crippen LogP contribution in [0.3, 0.4) is 0 Å². The summed E-state index contributed by atoms with van der Waals surface area (Å²) in [4.78, 5) is 14.0. The SMILES string of the molecule is Br.CCN(CC)CCCC(=O)c1ccsc1. The zero-order valence-electron chi connectivity index (χ0n) is 9.94. The largest absolute Gasteiger partial charge is 0.304 e. The summed E-state index contributed by atoms with van der Waals surface area (Å²) >= 11 is 1.59. The molecule has 92 valence electrons. The zero-order valence-corrected chi connectivity index (χ0v) is 12.5. The highest BCUT2D eigenvalue weighted by molar-refractivity contribution is 8.93. The van der Waals surface area contributed by atoms with E-state index in [0.717, 1.165) is 31.6 Å². The van der Waals surface area contributed by atoms with Gasteiger partial charge in [-0.15, -0.1) is 17.0 Å². The molecule has 1 rings (SSSR count). The molecule has 0 fully saturated rings. The number of carbonyl (C=O) groups excluding carboxylic acids is 1. The lowest BCUT2D eigenvalue weighted by atomic mass is 10.1. The smallest absolute Gasteiger partial charge is 0.163 e. The Balaban J connectivity index is 0.00000225. The van der Waals surface area contributed by atoms with E-state index in [9.17, 15) is 4.79 Å². The summed E-state index contributed by atoms with van der Waals surface area (Å²) in [6, 6.07) is 1.91. The fourth-order valence-electron chi connectivity index (χ4n) is 1.57. The second-order valence-electron chi connectivity index (χ2n) is 3.57. The lowest BCUT2D eigenvalue weighted by Gasteiger charge is -2.17. The number of halogens is 1. The first-order chi connectivity index (χ1) is 7.27. The molecule has 4 heteroatoms. The molecule has 0 aromatic carbocycles. The Morgan fingerprint density at radius 1 is 1.38 bits per heavy atom. The number of thiophene rings is 1. The molecular formula is C12H20BrNOS. The molecule has 1 aromatic heterocycles. The number of carbonyl (C=O) groups is 1. The van der Waals surface area contributed by atoms with Gasteiger partial charge in [-0.3, -0.25) is 4.79 Å². The van der Waals surface area contributed by atoms with Gasteiger partial charge in [-0.05, 0) is 37.5 Å². The van der Waals surface area contributed by atoms with Gasteiger partial charge in [0, 0.05) is 17.4 Å². The molecule has 0 aliphatic rings. The first-order valence-corrected chi connectivity index (χ1v) is 6.50. The van der Waals surface area contributed by atoms with Crippen LogP contribution in [0.15, 0.2) is 16.8 Å². The van der Waals surface area contributed by atoms with Crippen molar-refractivity contribution in [3.05, 3.63) is 22.4 Å². The predicted octanol–water partition coefficient (Wildman–Crippen LogP) is 3.63. The van der Waals surface area contributed by atoms with Crippen LogP contribution in [0.2, 0.25) is 0 Å². The van der Waals surface area contributed by atoms with Crippen LogP contribution in [0.25, 0.3) is 0 Å². The number of ketones is 1. The summed E-state index contributed by atoms with van der Waals surface area (Å²) in [7, 11) is 0. The summed E-state index contributed by atoms with van der Waals surface area (Å²) in [5, 5.41) is 3.89. The summed E-state index contributed by atoms with van der Waals surface area (Å²) in [6.07, 6.45) is 1.64. The molecule has 0 spiro atoms. The van der Waals surface area contributed by atoms with E-state index in [-0.39, 0.29) is 22.8 Å². The van der Waals surface area contributed by atoms with Crippen LogP contribution in [0.5, 0.6) is 0 Å². The van der Waals surface area contributed by atoms with E-state index < -0.39 is 0 Å². The first-order valence-electron chi connectivity index (χ1n) is 5.55. The Morgan fingerprint density at radius 2 is 2.06 bits per heavy atom. The van der Waals surface area contributed by atoms with Gasteiger partial charge in [0.25, 0.3) is 0 Å². The van der Waals surface area contributed by atoms with E-state index in [2.05, 4.69) is 18.7 Å². The van der Waals surface area contributed by atoms with Gasteiger partial charge >= 0.3 is 0 Å². The summed E-state index contributed by atoms with van der Waals surface area (Å²) in [5.74, 6) is 0.281. The second kappa shape index (κ2) is 8.90. The van der Waals surface area contributed by atoms with E-state index >= 15 is 0 Å². The van der Waals surface area contributed by atoms with Crippen molar-refractivity contribution in [3.63, 3.8) is 0 Å². The minimum Gasteiger partial charge on any atom is -0.304 e. The molecule has 0 saturated carbocycles. The fourth-order valence-corrected chi connectivity index (χ4v) is 2.23. The van der Waals surface area contributed by atoms with Gasteiger partial charge in [0.15, 0.2) is 5.78 Å². The van der Waals surface area contributed by atoms with E-state index in [0.29, 0.717) is 6.42 Å². The van der Waals surface area contributed by atoms with Crippen molar-refractivity contribution < 1.29 is 4.79 Å². The quantitative estimate of drug-likeness (QED) is 0.717. The topological polar surface area (TPSA) is 20.3 Å². The van der Waals surface area contributed by atoms with Gasteiger partial charge in [-0.2, -0.15) is 11.3 Å². The summed E-state index contributed by atoms with van der Waals surface area (Å²) < 4.78 is 0. The van der Waals surface area contributed by atoms with E-state index in [4.69, 9.17) is 0 Å². The number of nitrogens with zero attached hydrogens (tertiary/aromatic N) is 1. The molecule has 0 unspecified atom stereocenters. The molecule has 0 saturated heterocycles. The summed E-state index contributed by atoms with van der Waals surface area (Å²) in [5.41, 5.74) is 0.875. The third kappa shape index (κ3) is 5.23. The Bertz CT molecular complexity index is 283. The predicted molar refractivity (Wildman–Crippen MR) is 76.0 cm³/mol. The molecule has 0 radical (unpaired) electrons. The van der Waals surface area contributed by atoms with Gasteiger partial charge < -0.3 is 4.90 Å². The molecule has 0 atom stereocenters. The Kier molecular flexibility index (Phi) is 8.80. The van der Waals surface area contributed by atoms with E-state index in [1.807, 2.05) is 16.8 Å². The van der Waals surface area contributed by atoms with Crippen LogP contribution in [-0.4, -0.2) is 30.3 Å².